The van der Waals surface area contributed by atoms with Crippen LogP contribution < -0.4 is 5.73 Å². The third kappa shape index (κ3) is 3.42. The number of rotatable bonds is 4. The lowest BCUT2D eigenvalue weighted by Gasteiger charge is -2.35. The second-order valence-electron chi connectivity index (χ2n) is 5.82. The molecule has 1 aliphatic rings. The first-order valence-electron chi connectivity index (χ1n) is 7.34. The standard InChI is InChI=1S/C15H23ClN2O2S/c1-11-5-3-4-6-14(11)18(2)21(19,20)15-9-12(10-17)7-8-13(15)16/h7-9,11,14H,3-6,10,17H2,1-2H3. The minimum absolute atomic E-state index is 0.0429. The molecule has 1 fully saturated rings. The summed E-state index contributed by atoms with van der Waals surface area (Å²) in [6, 6.07) is 4.99. The number of hydrogen-bond donors (Lipinski definition) is 1. The summed E-state index contributed by atoms with van der Waals surface area (Å²) in [5.74, 6) is 0.370. The molecule has 4 nitrogen and oxygen atoms in total. The van der Waals surface area contributed by atoms with E-state index in [0.29, 0.717) is 12.5 Å². The summed E-state index contributed by atoms with van der Waals surface area (Å²) < 4.78 is 27.2. The molecule has 1 aromatic rings. The van der Waals surface area contributed by atoms with Crippen LogP contribution in [-0.2, 0) is 16.6 Å². The molecule has 0 saturated heterocycles. The Hall–Kier alpha value is -0.620. The average Bonchev–Trinajstić information content (AvgIpc) is 2.47. The molecule has 1 aliphatic carbocycles. The van der Waals surface area contributed by atoms with Crippen molar-refractivity contribution in [3.8, 4) is 0 Å². The van der Waals surface area contributed by atoms with Crippen LogP contribution in [-0.4, -0.2) is 25.8 Å². The molecule has 21 heavy (non-hydrogen) atoms. The van der Waals surface area contributed by atoms with Gasteiger partial charge in [0.25, 0.3) is 0 Å². The number of halogens is 1. The van der Waals surface area contributed by atoms with Gasteiger partial charge in [0, 0.05) is 19.6 Å². The SMILES string of the molecule is CC1CCCCC1N(C)S(=O)(=O)c1cc(CN)ccc1Cl. The van der Waals surface area contributed by atoms with Crippen LogP contribution in [0, 0.1) is 5.92 Å². The van der Waals surface area contributed by atoms with E-state index < -0.39 is 10.0 Å². The summed E-state index contributed by atoms with van der Waals surface area (Å²) in [5.41, 5.74) is 6.37. The Bertz CT molecular complexity index is 604. The second kappa shape index (κ2) is 6.65. The molecule has 0 aromatic heterocycles. The minimum Gasteiger partial charge on any atom is -0.326 e. The van der Waals surface area contributed by atoms with Gasteiger partial charge in [0.15, 0.2) is 0 Å². The molecule has 6 heteroatoms. The molecule has 0 bridgehead atoms. The van der Waals surface area contributed by atoms with Crippen molar-refractivity contribution in [2.45, 2.75) is 50.1 Å². The van der Waals surface area contributed by atoms with Gasteiger partial charge in [0.05, 0.1) is 5.02 Å². The highest BCUT2D eigenvalue weighted by Gasteiger charge is 2.34. The van der Waals surface area contributed by atoms with Gasteiger partial charge >= 0.3 is 0 Å². The van der Waals surface area contributed by atoms with Crippen LogP contribution in [0.1, 0.15) is 38.2 Å². The van der Waals surface area contributed by atoms with Gasteiger partial charge < -0.3 is 5.73 Å². The Balaban J connectivity index is 2.36. The predicted molar refractivity (Wildman–Crippen MR) is 85.7 cm³/mol. The van der Waals surface area contributed by atoms with Crippen LogP contribution in [0.3, 0.4) is 0 Å². The van der Waals surface area contributed by atoms with Crippen LogP contribution in [0.2, 0.25) is 5.02 Å². The van der Waals surface area contributed by atoms with Gasteiger partial charge in [-0.2, -0.15) is 4.31 Å². The highest BCUT2D eigenvalue weighted by atomic mass is 35.5. The van der Waals surface area contributed by atoms with Gasteiger partial charge in [-0.1, -0.05) is 37.4 Å². The van der Waals surface area contributed by atoms with E-state index in [1.165, 1.54) is 10.7 Å². The summed E-state index contributed by atoms with van der Waals surface area (Å²) in [6.45, 7) is 2.41. The van der Waals surface area contributed by atoms with Crippen LogP contribution in [0.5, 0.6) is 0 Å². The van der Waals surface area contributed by atoms with Crippen molar-refractivity contribution in [3.05, 3.63) is 28.8 Å². The molecule has 2 N–H and O–H groups in total. The van der Waals surface area contributed by atoms with Gasteiger partial charge in [0.1, 0.15) is 4.90 Å². The van der Waals surface area contributed by atoms with Crippen molar-refractivity contribution in [2.75, 3.05) is 7.05 Å². The predicted octanol–water partition coefficient (Wildman–Crippen LogP) is 3.00. The minimum atomic E-state index is -3.59. The third-order valence-corrected chi connectivity index (χ3v) is 6.79. The summed E-state index contributed by atoms with van der Waals surface area (Å²) in [7, 11) is -1.93. The smallest absolute Gasteiger partial charge is 0.244 e. The van der Waals surface area contributed by atoms with Gasteiger partial charge in [-0.25, -0.2) is 8.42 Å². The van der Waals surface area contributed by atoms with E-state index in [2.05, 4.69) is 6.92 Å². The Labute approximate surface area is 132 Å². The lowest BCUT2D eigenvalue weighted by atomic mass is 9.86. The number of hydrogen-bond acceptors (Lipinski definition) is 3. The molecule has 118 valence electrons. The van der Waals surface area contributed by atoms with Crippen molar-refractivity contribution in [2.24, 2.45) is 11.7 Å². The molecule has 0 heterocycles. The summed E-state index contributed by atoms with van der Waals surface area (Å²) in [5, 5.41) is 0.252. The monoisotopic (exact) mass is 330 g/mol. The molecule has 2 rings (SSSR count). The molecule has 2 unspecified atom stereocenters. The van der Waals surface area contributed by atoms with Crippen molar-refractivity contribution >= 4 is 21.6 Å². The maximum absolute atomic E-state index is 12.9. The fraction of sp³-hybridized carbons (Fsp3) is 0.600. The van der Waals surface area contributed by atoms with Crippen LogP contribution in [0.15, 0.2) is 23.1 Å². The fourth-order valence-electron chi connectivity index (χ4n) is 3.04. The first-order valence-corrected chi connectivity index (χ1v) is 9.16. The second-order valence-corrected chi connectivity index (χ2v) is 8.19. The van der Waals surface area contributed by atoms with E-state index in [9.17, 15) is 8.42 Å². The Kier molecular flexibility index (Phi) is 5.30. The lowest BCUT2D eigenvalue weighted by Crippen LogP contribution is -2.42. The van der Waals surface area contributed by atoms with E-state index in [0.717, 1.165) is 24.8 Å². The van der Waals surface area contributed by atoms with Gasteiger partial charge in [-0.15, -0.1) is 0 Å². The summed E-state index contributed by atoms with van der Waals surface area (Å²) >= 11 is 6.11. The molecular weight excluding hydrogens is 308 g/mol. The van der Waals surface area contributed by atoms with E-state index in [4.69, 9.17) is 17.3 Å². The van der Waals surface area contributed by atoms with E-state index >= 15 is 0 Å². The summed E-state index contributed by atoms with van der Waals surface area (Å²) in [4.78, 5) is 0.160. The Morgan fingerprint density at radius 1 is 1.33 bits per heavy atom. The molecule has 0 radical (unpaired) electrons. The number of benzene rings is 1. The topological polar surface area (TPSA) is 63.4 Å². The normalized spacial score (nSPS) is 23.5. The quantitative estimate of drug-likeness (QED) is 0.923. The zero-order valence-corrected chi connectivity index (χ0v) is 14.1. The summed E-state index contributed by atoms with van der Waals surface area (Å²) in [6.07, 6.45) is 4.23. The van der Waals surface area contributed by atoms with E-state index in [1.807, 2.05) is 0 Å². The third-order valence-electron chi connectivity index (χ3n) is 4.42. The van der Waals surface area contributed by atoms with Crippen molar-refractivity contribution in [3.63, 3.8) is 0 Å². The molecule has 2 atom stereocenters. The molecule has 0 aliphatic heterocycles. The highest BCUT2D eigenvalue weighted by molar-refractivity contribution is 7.89. The maximum atomic E-state index is 12.9. The number of nitrogens with two attached hydrogens (primary N) is 1. The first-order chi connectivity index (χ1) is 9.87. The van der Waals surface area contributed by atoms with Gasteiger partial charge in [-0.05, 0) is 36.5 Å². The largest absolute Gasteiger partial charge is 0.326 e. The van der Waals surface area contributed by atoms with E-state index in [1.54, 1.807) is 25.2 Å². The molecule has 1 aromatic carbocycles. The Morgan fingerprint density at radius 3 is 2.62 bits per heavy atom. The van der Waals surface area contributed by atoms with Crippen LogP contribution in [0.25, 0.3) is 0 Å². The Morgan fingerprint density at radius 2 is 2.00 bits per heavy atom. The van der Waals surface area contributed by atoms with Crippen molar-refractivity contribution in [1.29, 1.82) is 0 Å². The first kappa shape index (κ1) is 16.7. The van der Waals surface area contributed by atoms with Crippen molar-refractivity contribution < 1.29 is 8.42 Å². The highest BCUT2D eigenvalue weighted by Crippen LogP contribution is 2.32. The molecule has 1 saturated carbocycles. The van der Waals surface area contributed by atoms with Gasteiger partial charge in [0.2, 0.25) is 10.0 Å². The molecular formula is C15H23ClN2O2S. The van der Waals surface area contributed by atoms with E-state index in [-0.39, 0.29) is 16.0 Å². The fourth-order valence-corrected chi connectivity index (χ4v) is 5.05. The average molecular weight is 331 g/mol. The molecule has 0 amide bonds. The number of sulfonamides is 1. The lowest BCUT2D eigenvalue weighted by molar-refractivity contribution is 0.213. The molecule has 0 spiro atoms. The zero-order valence-electron chi connectivity index (χ0n) is 12.5. The zero-order chi connectivity index (χ0) is 15.6. The van der Waals surface area contributed by atoms with Crippen molar-refractivity contribution in [1.82, 2.24) is 4.31 Å². The van der Waals surface area contributed by atoms with Crippen LogP contribution in [0.4, 0.5) is 0 Å². The maximum Gasteiger partial charge on any atom is 0.244 e. The number of nitrogens with zero attached hydrogens (tertiary/aromatic N) is 1. The van der Waals surface area contributed by atoms with Gasteiger partial charge in [-0.3, -0.25) is 0 Å². The van der Waals surface area contributed by atoms with Crippen LogP contribution >= 0.6 is 11.6 Å².